The molecule has 1 aromatic carbocycles. The van der Waals surface area contributed by atoms with E-state index in [1.54, 1.807) is 14.2 Å². The monoisotopic (exact) mass is 328 g/mol. The molecule has 0 aliphatic carbocycles. The zero-order valence-electron chi connectivity index (χ0n) is 14.2. The molecule has 0 saturated carbocycles. The quantitative estimate of drug-likeness (QED) is 0.882. The molecule has 2 atom stereocenters. The summed E-state index contributed by atoms with van der Waals surface area (Å²) in [7, 11) is 3.31. The van der Waals surface area contributed by atoms with Crippen LogP contribution in [0.1, 0.15) is 17.2 Å². The van der Waals surface area contributed by atoms with Crippen molar-refractivity contribution >= 4 is 0 Å². The molecular weight excluding hydrogens is 304 g/mol. The highest BCUT2D eigenvalue weighted by atomic mass is 16.5. The van der Waals surface area contributed by atoms with Crippen LogP contribution in [0.4, 0.5) is 0 Å². The third kappa shape index (κ3) is 3.37. The van der Waals surface area contributed by atoms with Crippen LogP contribution in [0.15, 0.2) is 42.6 Å². The van der Waals surface area contributed by atoms with E-state index in [2.05, 4.69) is 16.0 Å². The lowest BCUT2D eigenvalue weighted by Gasteiger charge is -2.19. The number of aliphatic hydroxyl groups is 1. The highest BCUT2D eigenvalue weighted by Gasteiger charge is 2.34. The summed E-state index contributed by atoms with van der Waals surface area (Å²) in [5, 5.41) is 9.77. The SMILES string of the molecule is COc1cccc(CN2C[C@@H](CO)[C@H](c3ccccn3)C2)c1OC. The summed E-state index contributed by atoms with van der Waals surface area (Å²) in [6.45, 7) is 2.66. The van der Waals surface area contributed by atoms with Gasteiger partial charge in [0.2, 0.25) is 0 Å². The summed E-state index contributed by atoms with van der Waals surface area (Å²) in [4.78, 5) is 6.82. The number of rotatable bonds is 6. The van der Waals surface area contributed by atoms with E-state index >= 15 is 0 Å². The van der Waals surface area contributed by atoms with Crippen molar-refractivity contribution in [2.75, 3.05) is 33.9 Å². The molecule has 5 nitrogen and oxygen atoms in total. The lowest BCUT2D eigenvalue weighted by molar-refractivity contribution is 0.212. The molecule has 2 aromatic rings. The van der Waals surface area contributed by atoms with Crippen molar-refractivity contribution in [3.8, 4) is 11.5 Å². The molecule has 1 saturated heterocycles. The van der Waals surface area contributed by atoms with Crippen molar-refractivity contribution in [1.29, 1.82) is 0 Å². The average molecular weight is 328 g/mol. The van der Waals surface area contributed by atoms with Gasteiger partial charge in [-0.1, -0.05) is 18.2 Å². The fourth-order valence-electron chi connectivity index (χ4n) is 3.52. The van der Waals surface area contributed by atoms with Gasteiger partial charge in [0.25, 0.3) is 0 Å². The largest absolute Gasteiger partial charge is 0.493 e. The highest BCUT2D eigenvalue weighted by molar-refractivity contribution is 5.46. The molecule has 1 aliphatic rings. The van der Waals surface area contributed by atoms with Crippen LogP contribution in [0, 0.1) is 5.92 Å². The first-order valence-electron chi connectivity index (χ1n) is 8.20. The lowest BCUT2D eigenvalue weighted by atomic mass is 9.93. The Morgan fingerprint density at radius 3 is 2.67 bits per heavy atom. The smallest absolute Gasteiger partial charge is 0.165 e. The maximum absolute atomic E-state index is 9.77. The summed E-state index contributed by atoms with van der Waals surface area (Å²) >= 11 is 0. The van der Waals surface area contributed by atoms with Gasteiger partial charge in [0, 0.05) is 55.5 Å². The minimum absolute atomic E-state index is 0.174. The normalized spacial score (nSPS) is 21.0. The molecule has 0 spiro atoms. The number of para-hydroxylation sites is 1. The number of nitrogens with zero attached hydrogens (tertiary/aromatic N) is 2. The fourth-order valence-corrected chi connectivity index (χ4v) is 3.52. The Morgan fingerprint density at radius 1 is 1.12 bits per heavy atom. The second kappa shape index (κ2) is 7.64. The Kier molecular flexibility index (Phi) is 5.33. The summed E-state index contributed by atoms with van der Waals surface area (Å²) in [5.41, 5.74) is 2.15. The molecule has 0 unspecified atom stereocenters. The third-order valence-corrected chi connectivity index (χ3v) is 4.70. The first kappa shape index (κ1) is 16.7. The molecule has 0 amide bonds. The van der Waals surface area contributed by atoms with Gasteiger partial charge in [0.05, 0.1) is 14.2 Å². The molecule has 24 heavy (non-hydrogen) atoms. The molecule has 1 aromatic heterocycles. The Labute approximate surface area is 142 Å². The van der Waals surface area contributed by atoms with Gasteiger partial charge in [-0.05, 0) is 18.2 Å². The predicted octanol–water partition coefficient (Wildman–Crippen LogP) is 2.31. The van der Waals surface area contributed by atoms with Gasteiger partial charge in [-0.15, -0.1) is 0 Å². The van der Waals surface area contributed by atoms with Crippen LogP contribution < -0.4 is 9.47 Å². The van der Waals surface area contributed by atoms with E-state index in [-0.39, 0.29) is 18.4 Å². The number of hydrogen-bond donors (Lipinski definition) is 1. The van der Waals surface area contributed by atoms with Gasteiger partial charge >= 0.3 is 0 Å². The zero-order valence-corrected chi connectivity index (χ0v) is 14.2. The van der Waals surface area contributed by atoms with Crippen molar-refractivity contribution in [1.82, 2.24) is 9.88 Å². The highest BCUT2D eigenvalue weighted by Crippen LogP contribution is 2.35. The van der Waals surface area contributed by atoms with Crippen LogP contribution in [0.25, 0.3) is 0 Å². The predicted molar refractivity (Wildman–Crippen MR) is 92.4 cm³/mol. The minimum atomic E-state index is 0.174. The number of hydrogen-bond acceptors (Lipinski definition) is 5. The van der Waals surface area contributed by atoms with Crippen LogP contribution in [0.2, 0.25) is 0 Å². The van der Waals surface area contributed by atoms with Crippen LogP contribution in [0.3, 0.4) is 0 Å². The molecule has 1 fully saturated rings. The summed E-state index contributed by atoms with van der Waals surface area (Å²) in [6, 6.07) is 11.9. The topological polar surface area (TPSA) is 54.8 Å². The Bertz CT molecular complexity index is 663. The van der Waals surface area contributed by atoms with E-state index < -0.39 is 0 Å². The standard InChI is InChI=1S/C19H24N2O3/c1-23-18-8-5-6-14(19(18)24-2)10-21-11-15(13-22)16(12-21)17-7-3-4-9-20-17/h3-9,15-16,22H,10-13H2,1-2H3/t15-,16+/m0/s1. The Morgan fingerprint density at radius 2 is 2.00 bits per heavy atom. The number of benzene rings is 1. The van der Waals surface area contributed by atoms with E-state index in [1.165, 1.54) is 0 Å². The van der Waals surface area contributed by atoms with E-state index in [4.69, 9.17) is 9.47 Å². The molecule has 3 rings (SSSR count). The molecule has 0 bridgehead atoms. The van der Waals surface area contributed by atoms with Gasteiger partial charge in [0.1, 0.15) is 0 Å². The average Bonchev–Trinajstić information content (AvgIpc) is 3.05. The van der Waals surface area contributed by atoms with Gasteiger partial charge < -0.3 is 14.6 Å². The van der Waals surface area contributed by atoms with Crippen LogP contribution in [0.5, 0.6) is 11.5 Å². The second-order valence-electron chi connectivity index (χ2n) is 6.15. The number of methoxy groups -OCH3 is 2. The number of aromatic nitrogens is 1. The molecule has 1 aliphatic heterocycles. The van der Waals surface area contributed by atoms with Crippen LogP contribution >= 0.6 is 0 Å². The first-order chi connectivity index (χ1) is 11.8. The zero-order chi connectivity index (χ0) is 16.9. The maximum atomic E-state index is 9.77. The lowest BCUT2D eigenvalue weighted by Crippen LogP contribution is -2.21. The Balaban J connectivity index is 1.78. The molecule has 5 heteroatoms. The molecule has 1 N–H and O–H groups in total. The second-order valence-corrected chi connectivity index (χ2v) is 6.15. The number of likely N-dealkylation sites (tertiary alicyclic amines) is 1. The van der Waals surface area contributed by atoms with Crippen molar-refractivity contribution < 1.29 is 14.6 Å². The van der Waals surface area contributed by atoms with Gasteiger partial charge in [0.15, 0.2) is 11.5 Å². The van der Waals surface area contributed by atoms with Crippen LogP contribution in [-0.2, 0) is 6.54 Å². The van der Waals surface area contributed by atoms with E-state index in [0.29, 0.717) is 0 Å². The fraction of sp³-hybridized carbons (Fsp3) is 0.421. The minimum Gasteiger partial charge on any atom is -0.493 e. The molecular formula is C19H24N2O3. The van der Waals surface area contributed by atoms with Crippen molar-refractivity contribution in [3.05, 3.63) is 53.9 Å². The number of pyridine rings is 1. The maximum Gasteiger partial charge on any atom is 0.165 e. The molecule has 2 heterocycles. The Hall–Kier alpha value is -2.11. The first-order valence-corrected chi connectivity index (χ1v) is 8.20. The third-order valence-electron chi connectivity index (χ3n) is 4.70. The van der Waals surface area contributed by atoms with Crippen molar-refractivity contribution in [2.24, 2.45) is 5.92 Å². The van der Waals surface area contributed by atoms with E-state index in [9.17, 15) is 5.11 Å². The molecule has 128 valence electrons. The summed E-state index contributed by atoms with van der Waals surface area (Å²) < 4.78 is 10.9. The molecule has 0 radical (unpaired) electrons. The van der Waals surface area contributed by atoms with Gasteiger partial charge in [-0.2, -0.15) is 0 Å². The van der Waals surface area contributed by atoms with E-state index in [0.717, 1.165) is 42.4 Å². The summed E-state index contributed by atoms with van der Waals surface area (Å²) in [5.74, 6) is 1.99. The number of ether oxygens (including phenoxy) is 2. The van der Waals surface area contributed by atoms with Gasteiger partial charge in [-0.25, -0.2) is 0 Å². The summed E-state index contributed by atoms with van der Waals surface area (Å²) in [6.07, 6.45) is 1.82. The van der Waals surface area contributed by atoms with E-state index in [1.807, 2.05) is 36.5 Å². The van der Waals surface area contributed by atoms with Gasteiger partial charge in [-0.3, -0.25) is 9.88 Å². The van der Waals surface area contributed by atoms with Crippen molar-refractivity contribution in [2.45, 2.75) is 12.5 Å². The van der Waals surface area contributed by atoms with Crippen molar-refractivity contribution in [3.63, 3.8) is 0 Å². The van der Waals surface area contributed by atoms with Crippen LogP contribution in [-0.4, -0.2) is 48.9 Å². The number of aliphatic hydroxyl groups excluding tert-OH is 1.